The van der Waals surface area contributed by atoms with Crippen LogP contribution in [0.2, 0.25) is 0 Å². The minimum absolute atomic E-state index is 0.0198. The number of hydrogen-bond acceptors (Lipinski definition) is 3. The first-order chi connectivity index (χ1) is 9.54. The first-order valence-corrected chi connectivity index (χ1v) is 7.00. The maximum atomic E-state index is 13.0. The lowest BCUT2D eigenvalue weighted by atomic mass is 10.1. The van der Waals surface area contributed by atoms with Gasteiger partial charge in [0, 0.05) is 18.0 Å². The molecule has 1 aliphatic rings. The van der Waals surface area contributed by atoms with E-state index in [1.807, 2.05) is 6.92 Å². The number of ether oxygens (including phenoxy) is 1. The monoisotopic (exact) mass is 280 g/mol. The van der Waals surface area contributed by atoms with Crippen LogP contribution >= 0.6 is 0 Å². The fourth-order valence-electron chi connectivity index (χ4n) is 2.46. The third-order valence-corrected chi connectivity index (χ3v) is 3.54. The van der Waals surface area contributed by atoms with E-state index in [1.54, 1.807) is 12.1 Å². The van der Waals surface area contributed by atoms with Crippen molar-refractivity contribution < 1.29 is 13.9 Å². The van der Waals surface area contributed by atoms with Gasteiger partial charge in [-0.3, -0.25) is 4.79 Å². The van der Waals surface area contributed by atoms with Crippen LogP contribution in [0.25, 0.3) is 0 Å². The van der Waals surface area contributed by atoms with Gasteiger partial charge < -0.3 is 15.8 Å². The number of halogens is 1. The van der Waals surface area contributed by atoms with Crippen molar-refractivity contribution in [2.24, 2.45) is 11.7 Å². The molecule has 1 saturated carbocycles. The minimum Gasteiger partial charge on any atom is -0.489 e. The van der Waals surface area contributed by atoms with Gasteiger partial charge in [0.2, 0.25) is 5.91 Å². The number of hydrogen-bond donors (Lipinski definition) is 2. The zero-order valence-electron chi connectivity index (χ0n) is 11.6. The molecule has 3 N–H and O–H groups in total. The number of rotatable bonds is 5. The van der Waals surface area contributed by atoms with Gasteiger partial charge in [-0.25, -0.2) is 4.39 Å². The molecule has 5 heteroatoms. The summed E-state index contributed by atoms with van der Waals surface area (Å²) in [5, 5.41) is 2.87. The third-order valence-electron chi connectivity index (χ3n) is 3.54. The molecule has 0 spiro atoms. The van der Waals surface area contributed by atoms with Gasteiger partial charge in [-0.1, -0.05) is 6.07 Å². The zero-order valence-corrected chi connectivity index (χ0v) is 11.6. The minimum atomic E-state index is -0.335. The van der Waals surface area contributed by atoms with E-state index in [2.05, 4.69) is 5.32 Å². The molecule has 1 aromatic carbocycles. The van der Waals surface area contributed by atoms with E-state index in [4.69, 9.17) is 10.5 Å². The van der Waals surface area contributed by atoms with Gasteiger partial charge in [0.25, 0.3) is 0 Å². The molecule has 3 atom stereocenters. The molecule has 0 saturated heterocycles. The first-order valence-electron chi connectivity index (χ1n) is 7.00. The van der Waals surface area contributed by atoms with Gasteiger partial charge in [-0.15, -0.1) is 0 Å². The van der Waals surface area contributed by atoms with Crippen molar-refractivity contribution in [1.82, 2.24) is 5.32 Å². The standard InChI is InChI=1S/C15H21FN2O2/c1-10(20-14-4-2-3-12(16)8-14)9-18-15(19)11-5-6-13(17)7-11/h2-4,8,10-11,13H,5-7,9,17H2,1H3,(H,18,19). The molecular weight excluding hydrogens is 259 g/mol. The highest BCUT2D eigenvalue weighted by Gasteiger charge is 2.27. The fraction of sp³-hybridized carbons (Fsp3) is 0.533. The SMILES string of the molecule is CC(CNC(=O)C1CCC(N)C1)Oc1cccc(F)c1. The van der Waals surface area contributed by atoms with E-state index >= 15 is 0 Å². The predicted molar refractivity (Wildman–Crippen MR) is 74.8 cm³/mol. The smallest absolute Gasteiger partial charge is 0.223 e. The van der Waals surface area contributed by atoms with Crippen molar-refractivity contribution in [2.45, 2.75) is 38.3 Å². The van der Waals surface area contributed by atoms with Crippen LogP contribution in [0, 0.1) is 11.7 Å². The van der Waals surface area contributed by atoms with E-state index in [9.17, 15) is 9.18 Å². The van der Waals surface area contributed by atoms with E-state index < -0.39 is 0 Å². The fourth-order valence-corrected chi connectivity index (χ4v) is 2.46. The summed E-state index contributed by atoms with van der Waals surface area (Å²) in [7, 11) is 0. The van der Waals surface area contributed by atoms with Gasteiger partial charge in [-0.2, -0.15) is 0 Å². The Labute approximate surface area is 118 Å². The Morgan fingerprint density at radius 3 is 3.00 bits per heavy atom. The molecule has 0 heterocycles. The molecule has 0 bridgehead atoms. The number of amides is 1. The van der Waals surface area contributed by atoms with Crippen LogP contribution in [0.5, 0.6) is 5.75 Å². The van der Waals surface area contributed by atoms with Crippen LogP contribution in [0.1, 0.15) is 26.2 Å². The van der Waals surface area contributed by atoms with E-state index in [0.29, 0.717) is 12.3 Å². The van der Waals surface area contributed by atoms with Crippen molar-refractivity contribution >= 4 is 5.91 Å². The molecule has 0 aliphatic heterocycles. The van der Waals surface area contributed by atoms with Crippen molar-refractivity contribution in [1.29, 1.82) is 0 Å². The van der Waals surface area contributed by atoms with Gasteiger partial charge in [0.05, 0.1) is 6.54 Å². The molecule has 0 aromatic heterocycles. The van der Waals surface area contributed by atoms with Crippen molar-refractivity contribution in [3.8, 4) is 5.75 Å². The Balaban J connectivity index is 1.75. The Kier molecular flexibility index (Phi) is 4.95. The van der Waals surface area contributed by atoms with Crippen molar-refractivity contribution in [2.75, 3.05) is 6.54 Å². The van der Waals surface area contributed by atoms with Gasteiger partial charge in [0.1, 0.15) is 17.7 Å². The Hall–Kier alpha value is -1.62. The first kappa shape index (κ1) is 14.8. The quantitative estimate of drug-likeness (QED) is 0.865. The highest BCUT2D eigenvalue weighted by molar-refractivity contribution is 5.79. The third kappa shape index (κ3) is 4.20. The van der Waals surface area contributed by atoms with Crippen molar-refractivity contribution in [3.05, 3.63) is 30.1 Å². The summed E-state index contributed by atoms with van der Waals surface area (Å²) >= 11 is 0. The molecule has 4 nitrogen and oxygen atoms in total. The zero-order chi connectivity index (χ0) is 14.5. The highest BCUT2D eigenvalue weighted by Crippen LogP contribution is 2.24. The molecule has 1 aromatic rings. The molecular formula is C15H21FN2O2. The molecule has 20 heavy (non-hydrogen) atoms. The summed E-state index contributed by atoms with van der Waals surface area (Å²) in [5.41, 5.74) is 5.80. The van der Waals surface area contributed by atoms with Crippen molar-refractivity contribution in [3.63, 3.8) is 0 Å². The summed E-state index contributed by atoms with van der Waals surface area (Å²) in [6, 6.07) is 6.12. The molecule has 110 valence electrons. The van der Waals surface area contributed by atoms with E-state index in [1.165, 1.54) is 12.1 Å². The average Bonchev–Trinajstić information content (AvgIpc) is 2.83. The average molecular weight is 280 g/mol. The second-order valence-corrected chi connectivity index (χ2v) is 5.40. The Bertz CT molecular complexity index is 467. The second-order valence-electron chi connectivity index (χ2n) is 5.40. The topological polar surface area (TPSA) is 64.4 Å². The van der Waals surface area contributed by atoms with Crippen LogP contribution in [0.3, 0.4) is 0 Å². The molecule has 1 aliphatic carbocycles. The summed E-state index contributed by atoms with van der Waals surface area (Å²) in [6.07, 6.45) is 2.31. The molecule has 1 fully saturated rings. The summed E-state index contributed by atoms with van der Waals surface area (Å²) in [5.74, 6) is 0.187. The largest absolute Gasteiger partial charge is 0.489 e. The highest BCUT2D eigenvalue weighted by atomic mass is 19.1. The molecule has 0 radical (unpaired) electrons. The summed E-state index contributed by atoms with van der Waals surface area (Å²) < 4.78 is 18.6. The molecule has 3 unspecified atom stereocenters. The molecule has 2 rings (SSSR count). The Morgan fingerprint density at radius 1 is 1.55 bits per heavy atom. The van der Waals surface area contributed by atoms with Crippen LogP contribution in [0.15, 0.2) is 24.3 Å². The molecule has 1 amide bonds. The normalized spacial score (nSPS) is 23.4. The predicted octanol–water partition coefficient (Wildman–Crippen LogP) is 1.84. The lowest BCUT2D eigenvalue weighted by Crippen LogP contribution is -2.37. The number of carbonyl (C=O) groups is 1. The lowest BCUT2D eigenvalue weighted by molar-refractivity contribution is -0.125. The summed E-state index contributed by atoms with van der Waals surface area (Å²) in [4.78, 5) is 11.9. The summed E-state index contributed by atoms with van der Waals surface area (Å²) in [6.45, 7) is 2.24. The van der Waals surface area contributed by atoms with Crippen LogP contribution in [-0.2, 0) is 4.79 Å². The Morgan fingerprint density at radius 2 is 2.35 bits per heavy atom. The number of nitrogens with two attached hydrogens (primary N) is 1. The van der Waals surface area contributed by atoms with Gasteiger partial charge in [0.15, 0.2) is 0 Å². The lowest BCUT2D eigenvalue weighted by Gasteiger charge is -2.17. The van der Waals surface area contributed by atoms with Gasteiger partial charge >= 0.3 is 0 Å². The van der Waals surface area contributed by atoms with E-state index in [-0.39, 0.29) is 29.8 Å². The van der Waals surface area contributed by atoms with Crippen LogP contribution in [-0.4, -0.2) is 24.6 Å². The van der Waals surface area contributed by atoms with E-state index in [0.717, 1.165) is 19.3 Å². The van der Waals surface area contributed by atoms with Crippen LogP contribution < -0.4 is 15.8 Å². The van der Waals surface area contributed by atoms with Crippen LogP contribution in [0.4, 0.5) is 4.39 Å². The number of nitrogens with one attached hydrogen (secondary N) is 1. The number of carbonyl (C=O) groups excluding carboxylic acids is 1. The second kappa shape index (κ2) is 6.70. The van der Waals surface area contributed by atoms with Gasteiger partial charge in [-0.05, 0) is 38.3 Å². The maximum absolute atomic E-state index is 13.0. The number of benzene rings is 1. The maximum Gasteiger partial charge on any atom is 0.223 e.